The lowest BCUT2D eigenvalue weighted by molar-refractivity contribution is -0.136. The zero-order valence-electron chi connectivity index (χ0n) is 14.0. The molecule has 2 N–H and O–H groups in total. The molecule has 3 aromatic rings. The van der Waals surface area contributed by atoms with E-state index in [0.717, 1.165) is 17.4 Å². The minimum Gasteiger partial charge on any atom is -0.506 e. The number of phenols is 1. The highest BCUT2D eigenvalue weighted by atomic mass is 35.5. The molecule has 0 unspecified atom stereocenters. The van der Waals surface area contributed by atoms with Crippen LogP contribution in [-0.2, 0) is 11.2 Å². The summed E-state index contributed by atoms with van der Waals surface area (Å²) in [6.07, 6.45) is -0.400. The Bertz CT molecular complexity index is 1100. The van der Waals surface area contributed by atoms with Crippen molar-refractivity contribution < 1.29 is 33.0 Å². The largest absolute Gasteiger partial charge is 0.506 e. The van der Waals surface area contributed by atoms with Crippen LogP contribution in [0.3, 0.4) is 0 Å². The van der Waals surface area contributed by atoms with Crippen molar-refractivity contribution in [1.82, 2.24) is 4.57 Å². The molecular weight excluding hydrogens is 439 g/mol. The first-order valence-electron chi connectivity index (χ1n) is 7.61. The normalized spacial score (nSPS) is 11.9. The van der Waals surface area contributed by atoms with Gasteiger partial charge >= 0.3 is 11.5 Å². The molecule has 1 aromatic carbocycles. The topological polar surface area (TPSA) is 79.5 Å². The molecule has 0 aliphatic heterocycles. The van der Waals surface area contributed by atoms with Crippen LogP contribution in [0.5, 0.6) is 5.75 Å². The summed E-state index contributed by atoms with van der Waals surface area (Å²) in [5, 5.41) is 20.6. The number of nitrogens with zero attached hydrogens (tertiary/aromatic N) is 1. The third-order valence-electron chi connectivity index (χ3n) is 3.97. The van der Waals surface area contributed by atoms with Crippen molar-refractivity contribution in [2.75, 3.05) is 0 Å². The fourth-order valence-electron chi connectivity index (χ4n) is 2.85. The van der Waals surface area contributed by atoms with E-state index in [1.807, 2.05) is 0 Å². The summed E-state index contributed by atoms with van der Waals surface area (Å²) in [4.78, 5) is 24.2. The fourth-order valence-corrected chi connectivity index (χ4v) is 4.65. The smallest absolute Gasteiger partial charge is 0.447 e. The lowest BCUT2D eigenvalue weighted by Gasteiger charge is -2.06. The summed E-state index contributed by atoms with van der Waals surface area (Å²) >= 11 is 6.40. The van der Waals surface area contributed by atoms with Crippen LogP contribution in [0.2, 0.25) is 5.02 Å². The van der Waals surface area contributed by atoms with E-state index in [1.54, 1.807) is 0 Å². The first-order chi connectivity index (χ1) is 13.0. The molecule has 0 saturated carbocycles. The van der Waals surface area contributed by atoms with Gasteiger partial charge in [-0.15, -0.1) is 11.3 Å². The molecule has 2 heterocycles. The van der Waals surface area contributed by atoms with Gasteiger partial charge in [0.15, 0.2) is 0 Å². The number of carboxylic acids is 1. The molecule has 2 aromatic heterocycles. The van der Waals surface area contributed by atoms with Gasteiger partial charge in [-0.1, -0.05) is 11.6 Å². The summed E-state index contributed by atoms with van der Waals surface area (Å²) < 4.78 is 38.7. The Labute approximate surface area is 169 Å². The first-order valence-corrected chi connectivity index (χ1v) is 9.68. The number of benzene rings is 1. The molecule has 0 spiro atoms. The summed E-state index contributed by atoms with van der Waals surface area (Å²) in [5.41, 5.74) is -3.56. The van der Waals surface area contributed by atoms with Gasteiger partial charge in [0.25, 0.3) is 5.91 Å². The number of carboxylic acid groups (broad SMARTS) is 1. The lowest BCUT2D eigenvalue weighted by Crippen LogP contribution is -2.13. The maximum atomic E-state index is 13.0. The quantitative estimate of drug-likeness (QED) is 0.528. The van der Waals surface area contributed by atoms with Crippen LogP contribution < -0.4 is 0 Å². The number of thioether (sulfide) groups is 1. The number of hydrogen-bond acceptors (Lipinski definition) is 5. The molecule has 148 valence electrons. The summed E-state index contributed by atoms with van der Waals surface area (Å²) in [5.74, 6) is -2.03. The molecule has 0 radical (unpaired) electrons. The third kappa shape index (κ3) is 3.98. The number of carbonyl (C=O) groups is 2. The number of aliphatic carboxylic acids is 1. The molecule has 5 nitrogen and oxygen atoms in total. The van der Waals surface area contributed by atoms with Crippen molar-refractivity contribution in [3.63, 3.8) is 0 Å². The van der Waals surface area contributed by atoms with Crippen LogP contribution in [0.1, 0.15) is 21.6 Å². The first kappa shape index (κ1) is 20.6. The number of carbonyl (C=O) groups excluding carboxylic acids is 1. The Hall–Kier alpha value is -2.17. The van der Waals surface area contributed by atoms with Crippen molar-refractivity contribution in [1.29, 1.82) is 0 Å². The van der Waals surface area contributed by atoms with E-state index < -0.39 is 23.8 Å². The molecule has 11 heteroatoms. The second-order valence-electron chi connectivity index (χ2n) is 5.80. The average molecular weight is 450 g/mol. The summed E-state index contributed by atoms with van der Waals surface area (Å²) in [6, 6.07) is 3.72. The Morgan fingerprint density at radius 1 is 1.29 bits per heavy atom. The van der Waals surface area contributed by atoms with Crippen LogP contribution in [0, 0.1) is 6.92 Å². The number of thiophene rings is 1. The van der Waals surface area contributed by atoms with Crippen molar-refractivity contribution in [3.8, 4) is 5.75 Å². The number of aromatic hydroxyl groups is 1. The standard InChI is InChI=1S/C17H11ClF3NO4S2/c1-7-9(4-14(24)25)10-3-13(23)11(18)5-12(10)22(7)16(26)8-2-15(27-6-8)28-17(19,20)21/h2-3,5-6,23H,4H2,1H3,(H,24,25). The zero-order chi connectivity index (χ0) is 20.8. The van der Waals surface area contributed by atoms with Gasteiger partial charge in [-0.3, -0.25) is 14.2 Å². The number of hydrogen-bond donors (Lipinski definition) is 2. The minimum absolute atomic E-state index is 0.0304. The van der Waals surface area contributed by atoms with Gasteiger partial charge < -0.3 is 10.2 Å². The van der Waals surface area contributed by atoms with E-state index >= 15 is 0 Å². The third-order valence-corrected chi connectivity index (χ3v) is 6.09. The van der Waals surface area contributed by atoms with Crippen LogP contribution in [0.4, 0.5) is 13.2 Å². The van der Waals surface area contributed by atoms with E-state index in [1.165, 1.54) is 29.0 Å². The molecule has 0 bridgehead atoms. The molecule has 0 atom stereocenters. The highest BCUT2D eigenvalue weighted by molar-refractivity contribution is 8.01. The maximum absolute atomic E-state index is 13.0. The molecule has 0 fully saturated rings. The monoisotopic (exact) mass is 449 g/mol. The van der Waals surface area contributed by atoms with E-state index in [4.69, 9.17) is 16.7 Å². The van der Waals surface area contributed by atoms with Crippen molar-refractivity contribution in [2.24, 2.45) is 0 Å². The predicted octanol–water partition coefficient (Wildman–Crippen LogP) is 5.30. The highest BCUT2D eigenvalue weighted by Crippen LogP contribution is 2.40. The molecule has 0 amide bonds. The average Bonchev–Trinajstić information content (AvgIpc) is 3.10. The Morgan fingerprint density at radius 3 is 2.57 bits per heavy atom. The molecule has 0 aliphatic rings. The number of rotatable bonds is 4. The predicted molar refractivity (Wildman–Crippen MR) is 101 cm³/mol. The van der Waals surface area contributed by atoms with Gasteiger partial charge in [-0.2, -0.15) is 13.2 Å². The maximum Gasteiger partial charge on any atom is 0.447 e. The van der Waals surface area contributed by atoms with Gasteiger partial charge in [0.2, 0.25) is 0 Å². The van der Waals surface area contributed by atoms with E-state index in [2.05, 4.69) is 0 Å². The van der Waals surface area contributed by atoms with Crippen LogP contribution in [0.15, 0.2) is 27.8 Å². The molecule has 0 saturated heterocycles. The molecular formula is C17H11ClF3NO4S2. The van der Waals surface area contributed by atoms with Crippen LogP contribution in [0.25, 0.3) is 10.9 Å². The Kier molecular flexibility index (Phi) is 5.39. The minimum atomic E-state index is -4.47. The van der Waals surface area contributed by atoms with Gasteiger partial charge in [-0.25, -0.2) is 0 Å². The molecule has 28 heavy (non-hydrogen) atoms. The SMILES string of the molecule is Cc1c(CC(=O)O)c2cc(O)c(Cl)cc2n1C(=O)c1csc(SC(F)(F)F)c1. The second kappa shape index (κ2) is 7.34. The van der Waals surface area contributed by atoms with Crippen molar-refractivity contribution in [2.45, 2.75) is 23.1 Å². The van der Waals surface area contributed by atoms with Crippen LogP contribution in [-0.4, -0.2) is 32.2 Å². The van der Waals surface area contributed by atoms with Gasteiger partial charge in [0.1, 0.15) is 5.75 Å². The van der Waals surface area contributed by atoms with Gasteiger partial charge in [-0.05, 0) is 42.4 Å². The Balaban J connectivity index is 2.14. The number of alkyl halides is 3. The molecule has 0 aliphatic carbocycles. The van der Waals surface area contributed by atoms with Gasteiger partial charge in [0, 0.05) is 16.5 Å². The van der Waals surface area contributed by atoms with Crippen molar-refractivity contribution >= 4 is 57.5 Å². The second-order valence-corrected chi connectivity index (χ2v) is 8.48. The lowest BCUT2D eigenvalue weighted by atomic mass is 10.1. The molecule has 3 rings (SSSR count). The fraction of sp³-hybridized carbons (Fsp3) is 0.176. The van der Waals surface area contributed by atoms with E-state index in [-0.39, 0.29) is 37.8 Å². The van der Waals surface area contributed by atoms with E-state index in [9.17, 15) is 27.9 Å². The zero-order valence-corrected chi connectivity index (χ0v) is 16.4. The number of halogens is 4. The van der Waals surface area contributed by atoms with Gasteiger partial charge in [0.05, 0.1) is 26.7 Å². The van der Waals surface area contributed by atoms with Crippen LogP contribution >= 0.6 is 34.7 Å². The Morgan fingerprint density at radius 2 is 1.96 bits per heavy atom. The van der Waals surface area contributed by atoms with E-state index in [0.29, 0.717) is 16.6 Å². The number of phenolic OH excluding ortho intramolecular Hbond substituents is 1. The summed E-state index contributed by atoms with van der Waals surface area (Å²) in [6.45, 7) is 1.53. The van der Waals surface area contributed by atoms with Crippen molar-refractivity contribution in [3.05, 3.63) is 45.4 Å². The number of fused-ring (bicyclic) bond motifs is 1. The highest BCUT2D eigenvalue weighted by Gasteiger charge is 2.31. The number of aromatic nitrogens is 1. The summed E-state index contributed by atoms with van der Waals surface area (Å²) in [7, 11) is 0.